The van der Waals surface area contributed by atoms with Crippen molar-refractivity contribution in [1.82, 2.24) is 0 Å². The second-order valence-corrected chi connectivity index (χ2v) is 6.06. The fourth-order valence-corrected chi connectivity index (χ4v) is 3.06. The van der Waals surface area contributed by atoms with Crippen LogP contribution in [-0.4, -0.2) is 19.5 Å². The Hall–Kier alpha value is -0.340. The van der Waals surface area contributed by atoms with Gasteiger partial charge in [-0.25, -0.2) is 0 Å². The SMILES string of the molecule is CC1CCC/C(=C/C(C)C2OCCCCCO2)C1. The molecule has 18 heavy (non-hydrogen) atoms. The molecule has 0 bridgehead atoms. The zero-order valence-corrected chi connectivity index (χ0v) is 12.0. The van der Waals surface area contributed by atoms with E-state index in [1.54, 1.807) is 5.57 Å². The lowest BCUT2D eigenvalue weighted by Gasteiger charge is -2.27. The summed E-state index contributed by atoms with van der Waals surface area (Å²) >= 11 is 0. The minimum atomic E-state index is -0.0185. The Morgan fingerprint density at radius 3 is 2.50 bits per heavy atom. The van der Waals surface area contributed by atoms with Crippen molar-refractivity contribution in [2.45, 2.75) is 65.1 Å². The molecule has 1 heterocycles. The van der Waals surface area contributed by atoms with Crippen LogP contribution in [0.3, 0.4) is 0 Å². The molecule has 1 saturated carbocycles. The second kappa shape index (κ2) is 7.30. The fraction of sp³-hybridized carbons (Fsp3) is 0.875. The number of hydrogen-bond acceptors (Lipinski definition) is 2. The Morgan fingerprint density at radius 2 is 1.83 bits per heavy atom. The van der Waals surface area contributed by atoms with Gasteiger partial charge in [-0.1, -0.05) is 31.9 Å². The van der Waals surface area contributed by atoms with Crippen molar-refractivity contribution < 1.29 is 9.47 Å². The number of hydrogen-bond donors (Lipinski definition) is 0. The standard InChI is InChI=1S/C16H28O2/c1-13-7-6-8-15(11-13)12-14(2)16-17-9-4-3-5-10-18-16/h12-14,16H,3-11H2,1-2H3/b15-12-. The Bertz CT molecular complexity index is 264. The summed E-state index contributed by atoms with van der Waals surface area (Å²) in [5, 5.41) is 0. The highest BCUT2D eigenvalue weighted by Gasteiger charge is 2.20. The molecule has 104 valence electrons. The number of rotatable bonds is 2. The molecule has 1 aliphatic carbocycles. The monoisotopic (exact) mass is 252 g/mol. The number of allylic oxidation sites excluding steroid dienone is 1. The van der Waals surface area contributed by atoms with Crippen LogP contribution in [0.1, 0.15) is 58.8 Å². The fourth-order valence-electron chi connectivity index (χ4n) is 3.06. The minimum Gasteiger partial charge on any atom is -0.352 e. The van der Waals surface area contributed by atoms with E-state index in [1.807, 2.05) is 0 Å². The zero-order chi connectivity index (χ0) is 12.8. The van der Waals surface area contributed by atoms with Crippen molar-refractivity contribution in [3.8, 4) is 0 Å². The van der Waals surface area contributed by atoms with Crippen LogP contribution in [0.4, 0.5) is 0 Å². The van der Waals surface area contributed by atoms with Crippen molar-refractivity contribution in [3.63, 3.8) is 0 Å². The maximum atomic E-state index is 5.85. The third-order valence-corrected chi connectivity index (χ3v) is 4.09. The minimum absolute atomic E-state index is 0.0185. The van der Waals surface area contributed by atoms with E-state index < -0.39 is 0 Å². The Labute approximate surface area is 112 Å². The summed E-state index contributed by atoms with van der Waals surface area (Å²) < 4.78 is 11.7. The van der Waals surface area contributed by atoms with Gasteiger partial charge in [-0.2, -0.15) is 0 Å². The summed E-state index contributed by atoms with van der Waals surface area (Å²) in [7, 11) is 0. The van der Waals surface area contributed by atoms with Crippen molar-refractivity contribution in [3.05, 3.63) is 11.6 Å². The average molecular weight is 252 g/mol. The summed E-state index contributed by atoms with van der Waals surface area (Å²) in [5.41, 5.74) is 1.62. The molecule has 0 radical (unpaired) electrons. The van der Waals surface area contributed by atoms with Crippen LogP contribution in [-0.2, 0) is 9.47 Å². The van der Waals surface area contributed by atoms with Crippen LogP contribution in [0.5, 0.6) is 0 Å². The quantitative estimate of drug-likeness (QED) is 0.682. The molecule has 0 amide bonds. The molecule has 2 aliphatic rings. The van der Waals surface area contributed by atoms with Gasteiger partial charge in [0.15, 0.2) is 6.29 Å². The molecule has 0 aromatic heterocycles. The van der Waals surface area contributed by atoms with Gasteiger partial charge in [-0.15, -0.1) is 0 Å². The lowest BCUT2D eigenvalue weighted by Crippen LogP contribution is -2.27. The first-order chi connectivity index (χ1) is 8.75. The topological polar surface area (TPSA) is 18.5 Å². The molecular formula is C16H28O2. The summed E-state index contributed by atoms with van der Waals surface area (Å²) in [6.07, 6.45) is 11.3. The Kier molecular flexibility index (Phi) is 5.71. The van der Waals surface area contributed by atoms with Crippen LogP contribution in [0.25, 0.3) is 0 Å². The average Bonchev–Trinajstić information content (AvgIpc) is 2.28. The van der Waals surface area contributed by atoms with Gasteiger partial charge in [0.1, 0.15) is 0 Å². The van der Waals surface area contributed by atoms with Gasteiger partial charge in [0.05, 0.1) is 0 Å². The van der Waals surface area contributed by atoms with Crippen LogP contribution in [0, 0.1) is 11.8 Å². The Morgan fingerprint density at radius 1 is 1.11 bits per heavy atom. The molecule has 0 N–H and O–H groups in total. The van der Waals surface area contributed by atoms with Gasteiger partial charge < -0.3 is 9.47 Å². The third kappa shape index (κ3) is 4.40. The van der Waals surface area contributed by atoms with E-state index in [9.17, 15) is 0 Å². The summed E-state index contributed by atoms with van der Waals surface area (Å²) in [4.78, 5) is 0. The van der Waals surface area contributed by atoms with E-state index >= 15 is 0 Å². The van der Waals surface area contributed by atoms with Gasteiger partial charge in [0.2, 0.25) is 0 Å². The van der Waals surface area contributed by atoms with E-state index in [1.165, 1.54) is 44.9 Å². The van der Waals surface area contributed by atoms with Crippen LogP contribution in [0.2, 0.25) is 0 Å². The highest BCUT2D eigenvalue weighted by atomic mass is 16.7. The third-order valence-electron chi connectivity index (χ3n) is 4.09. The lowest BCUT2D eigenvalue weighted by molar-refractivity contribution is -0.168. The maximum absolute atomic E-state index is 5.85. The smallest absolute Gasteiger partial charge is 0.163 e. The first-order valence-corrected chi connectivity index (χ1v) is 7.68. The summed E-state index contributed by atoms with van der Waals surface area (Å²) in [5.74, 6) is 1.25. The van der Waals surface area contributed by atoms with Gasteiger partial charge in [-0.3, -0.25) is 0 Å². The molecule has 2 atom stereocenters. The normalized spacial score (nSPS) is 31.9. The highest BCUT2D eigenvalue weighted by molar-refractivity contribution is 5.07. The Balaban J connectivity index is 1.88. The van der Waals surface area contributed by atoms with Crippen molar-refractivity contribution >= 4 is 0 Å². The number of ether oxygens (including phenoxy) is 2. The zero-order valence-electron chi connectivity index (χ0n) is 12.0. The molecule has 1 saturated heterocycles. The van der Waals surface area contributed by atoms with Crippen molar-refractivity contribution in [1.29, 1.82) is 0 Å². The van der Waals surface area contributed by atoms with Crippen molar-refractivity contribution in [2.75, 3.05) is 13.2 Å². The van der Waals surface area contributed by atoms with E-state index in [-0.39, 0.29) is 6.29 Å². The molecule has 0 aromatic rings. The van der Waals surface area contributed by atoms with Crippen LogP contribution < -0.4 is 0 Å². The van der Waals surface area contributed by atoms with Gasteiger partial charge in [0.25, 0.3) is 0 Å². The molecule has 2 unspecified atom stereocenters. The van der Waals surface area contributed by atoms with Crippen molar-refractivity contribution in [2.24, 2.45) is 11.8 Å². The van der Waals surface area contributed by atoms with E-state index in [2.05, 4.69) is 19.9 Å². The molecule has 2 rings (SSSR count). The molecular weight excluding hydrogens is 224 g/mol. The molecule has 1 aliphatic heterocycles. The lowest BCUT2D eigenvalue weighted by atomic mass is 9.85. The predicted molar refractivity (Wildman–Crippen MR) is 74.4 cm³/mol. The molecule has 2 heteroatoms. The summed E-state index contributed by atoms with van der Waals surface area (Å²) in [6.45, 7) is 6.31. The summed E-state index contributed by atoms with van der Waals surface area (Å²) in [6, 6.07) is 0. The van der Waals surface area contributed by atoms with Gasteiger partial charge in [-0.05, 0) is 44.4 Å². The van der Waals surface area contributed by atoms with Crippen LogP contribution >= 0.6 is 0 Å². The van der Waals surface area contributed by atoms with Gasteiger partial charge in [0, 0.05) is 19.1 Å². The molecule has 0 spiro atoms. The van der Waals surface area contributed by atoms with Gasteiger partial charge >= 0.3 is 0 Å². The van der Waals surface area contributed by atoms with E-state index in [4.69, 9.17) is 9.47 Å². The molecule has 2 fully saturated rings. The largest absolute Gasteiger partial charge is 0.352 e. The first-order valence-electron chi connectivity index (χ1n) is 7.68. The first kappa shape index (κ1) is 14.1. The second-order valence-electron chi connectivity index (χ2n) is 6.06. The molecule has 2 nitrogen and oxygen atoms in total. The molecule has 0 aromatic carbocycles. The maximum Gasteiger partial charge on any atom is 0.163 e. The highest BCUT2D eigenvalue weighted by Crippen LogP contribution is 2.29. The predicted octanol–water partition coefficient (Wildman–Crippen LogP) is 4.30. The van der Waals surface area contributed by atoms with E-state index in [0.717, 1.165) is 19.1 Å². The van der Waals surface area contributed by atoms with E-state index in [0.29, 0.717) is 5.92 Å². The van der Waals surface area contributed by atoms with Crippen LogP contribution in [0.15, 0.2) is 11.6 Å².